The maximum absolute atomic E-state index is 13.9. The van der Waals surface area contributed by atoms with Crippen LogP contribution in [-0.4, -0.2) is 29.0 Å². The Kier molecular flexibility index (Phi) is 5.28. The van der Waals surface area contributed by atoms with Crippen LogP contribution in [0.2, 0.25) is 0 Å². The Morgan fingerprint density at radius 3 is 2.27 bits per heavy atom. The first-order valence-corrected chi connectivity index (χ1v) is 9.10. The number of aliphatic hydroxyl groups excluding tert-OH is 1. The van der Waals surface area contributed by atoms with Gasteiger partial charge in [0.05, 0.1) is 18.7 Å². The summed E-state index contributed by atoms with van der Waals surface area (Å²) in [6, 6.07) is 5.90. The van der Waals surface area contributed by atoms with E-state index in [2.05, 4.69) is 0 Å². The van der Waals surface area contributed by atoms with E-state index in [9.17, 15) is 28.6 Å². The first-order chi connectivity index (χ1) is 14.0. The van der Waals surface area contributed by atoms with Gasteiger partial charge in [-0.05, 0) is 29.8 Å². The summed E-state index contributed by atoms with van der Waals surface area (Å²) in [5, 5.41) is 20.8. The summed E-state index contributed by atoms with van der Waals surface area (Å²) in [4.78, 5) is 27.0. The van der Waals surface area contributed by atoms with E-state index >= 15 is 0 Å². The van der Waals surface area contributed by atoms with E-state index < -0.39 is 40.5 Å². The fraction of sp³-hybridized carbons (Fsp3) is 0.273. The summed E-state index contributed by atoms with van der Waals surface area (Å²) in [7, 11) is 1.36. The molecule has 6 nitrogen and oxygen atoms in total. The molecular weight excluding hydrogens is 396 g/mol. The molecule has 0 radical (unpaired) electrons. The molecule has 158 valence electrons. The standard InChI is InChI=1S/C22H21F2NO5/c1-22(2,3)20(28)17-18(11-5-8-16(30-4)15(26)9-11)25(21(29)19(17)27)12-6-7-13(23)14(24)10-12/h5-10,18,26-27H,1-4H3. The van der Waals surface area contributed by atoms with Crippen molar-refractivity contribution in [3.05, 3.63) is 64.9 Å². The van der Waals surface area contributed by atoms with Gasteiger partial charge in [0.15, 0.2) is 34.7 Å². The number of methoxy groups -OCH3 is 1. The Hall–Kier alpha value is -3.42. The van der Waals surface area contributed by atoms with E-state index in [-0.39, 0.29) is 28.3 Å². The molecule has 2 aromatic rings. The summed E-state index contributed by atoms with van der Waals surface area (Å²) < 4.78 is 32.3. The van der Waals surface area contributed by atoms with Gasteiger partial charge in [-0.3, -0.25) is 14.5 Å². The molecular formula is C22H21F2NO5. The predicted molar refractivity (Wildman–Crippen MR) is 105 cm³/mol. The van der Waals surface area contributed by atoms with Crippen LogP contribution in [0, 0.1) is 17.0 Å². The van der Waals surface area contributed by atoms with Crippen LogP contribution in [0.25, 0.3) is 0 Å². The van der Waals surface area contributed by atoms with Gasteiger partial charge in [0.25, 0.3) is 5.91 Å². The fourth-order valence-electron chi connectivity index (χ4n) is 3.33. The highest BCUT2D eigenvalue weighted by molar-refractivity contribution is 6.17. The molecule has 2 N–H and O–H groups in total. The van der Waals surface area contributed by atoms with Crippen LogP contribution >= 0.6 is 0 Å². The third kappa shape index (κ3) is 3.49. The van der Waals surface area contributed by atoms with Gasteiger partial charge >= 0.3 is 0 Å². The van der Waals surface area contributed by atoms with Gasteiger partial charge in [-0.25, -0.2) is 8.78 Å². The summed E-state index contributed by atoms with van der Waals surface area (Å²) in [6.07, 6.45) is 0. The summed E-state index contributed by atoms with van der Waals surface area (Å²) in [6.45, 7) is 4.88. The van der Waals surface area contributed by atoms with Gasteiger partial charge in [-0.15, -0.1) is 0 Å². The lowest BCUT2D eigenvalue weighted by atomic mass is 9.82. The summed E-state index contributed by atoms with van der Waals surface area (Å²) in [5.74, 6) is -4.59. The molecule has 0 fully saturated rings. The number of rotatable bonds is 4. The van der Waals surface area contributed by atoms with Crippen LogP contribution in [0.4, 0.5) is 14.5 Å². The Morgan fingerprint density at radius 1 is 1.07 bits per heavy atom. The molecule has 30 heavy (non-hydrogen) atoms. The second-order valence-electron chi connectivity index (χ2n) is 7.95. The SMILES string of the molecule is COc1ccc(C2C(C(=O)C(C)(C)C)=C(O)C(=O)N2c2ccc(F)c(F)c2)cc1O. The van der Waals surface area contributed by atoms with E-state index in [0.717, 1.165) is 17.0 Å². The van der Waals surface area contributed by atoms with Crippen molar-refractivity contribution in [1.29, 1.82) is 0 Å². The minimum Gasteiger partial charge on any atom is -0.504 e. The Balaban J connectivity index is 2.24. The summed E-state index contributed by atoms with van der Waals surface area (Å²) >= 11 is 0. The molecule has 1 aliphatic heterocycles. The number of halogens is 2. The van der Waals surface area contributed by atoms with Crippen LogP contribution in [0.5, 0.6) is 11.5 Å². The normalized spacial score (nSPS) is 16.9. The number of benzene rings is 2. The Labute approximate surface area is 172 Å². The number of amides is 1. The monoisotopic (exact) mass is 417 g/mol. The number of ketones is 1. The molecule has 0 saturated heterocycles. The maximum Gasteiger partial charge on any atom is 0.294 e. The molecule has 2 aromatic carbocycles. The minimum atomic E-state index is -1.19. The van der Waals surface area contributed by atoms with E-state index in [1.165, 1.54) is 31.4 Å². The fourth-order valence-corrected chi connectivity index (χ4v) is 3.33. The number of anilines is 1. The number of phenolic OH excluding ortho intramolecular Hbond substituents is 1. The van der Waals surface area contributed by atoms with Gasteiger partial charge in [-0.1, -0.05) is 26.8 Å². The number of nitrogens with zero attached hydrogens (tertiary/aromatic N) is 1. The van der Waals surface area contributed by atoms with Crippen molar-refractivity contribution in [3.8, 4) is 11.5 Å². The molecule has 3 rings (SSSR count). The maximum atomic E-state index is 13.9. The van der Waals surface area contributed by atoms with E-state index in [1.54, 1.807) is 20.8 Å². The average Bonchev–Trinajstić information content (AvgIpc) is 2.93. The molecule has 0 aliphatic carbocycles. The zero-order valence-electron chi connectivity index (χ0n) is 16.9. The van der Waals surface area contributed by atoms with Gasteiger partial charge in [0, 0.05) is 17.2 Å². The third-order valence-corrected chi connectivity index (χ3v) is 4.83. The molecule has 0 aromatic heterocycles. The number of Topliss-reactive ketones (excluding diaryl/α,β-unsaturated/α-hetero) is 1. The molecule has 1 heterocycles. The lowest BCUT2D eigenvalue weighted by Crippen LogP contribution is -2.33. The van der Waals surface area contributed by atoms with Crippen LogP contribution in [0.15, 0.2) is 47.7 Å². The largest absolute Gasteiger partial charge is 0.504 e. The molecule has 1 amide bonds. The number of aromatic hydroxyl groups is 1. The molecule has 1 unspecified atom stereocenters. The number of hydrogen-bond donors (Lipinski definition) is 2. The smallest absolute Gasteiger partial charge is 0.294 e. The van der Waals surface area contributed by atoms with Crippen molar-refractivity contribution >= 4 is 17.4 Å². The van der Waals surface area contributed by atoms with Crippen LogP contribution < -0.4 is 9.64 Å². The van der Waals surface area contributed by atoms with Gasteiger partial charge in [-0.2, -0.15) is 0 Å². The van der Waals surface area contributed by atoms with Crippen molar-refractivity contribution in [2.24, 2.45) is 5.41 Å². The number of carbonyl (C=O) groups excluding carboxylic acids is 2. The summed E-state index contributed by atoms with van der Waals surface area (Å²) in [5.41, 5.74) is -0.909. The Morgan fingerprint density at radius 2 is 1.73 bits per heavy atom. The van der Waals surface area contributed by atoms with E-state index in [0.29, 0.717) is 0 Å². The second kappa shape index (κ2) is 7.44. The first kappa shape index (κ1) is 21.3. The molecule has 0 spiro atoms. The number of phenols is 1. The topological polar surface area (TPSA) is 87.1 Å². The van der Waals surface area contributed by atoms with Crippen molar-refractivity contribution < 1.29 is 33.3 Å². The predicted octanol–water partition coefficient (Wildman–Crippen LogP) is 4.19. The van der Waals surface area contributed by atoms with Crippen molar-refractivity contribution in [2.75, 3.05) is 12.0 Å². The van der Waals surface area contributed by atoms with Crippen molar-refractivity contribution in [2.45, 2.75) is 26.8 Å². The van der Waals surface area contributed by atoms with Gasteiger partial charge in [0.1, 0.15) is 0 Å². The van der Waals surface area contributed by atoms with E-state index in [4.69, 9.17) is 4.74 Å². The zero-order chi connectivity index (χ0) is 22.4. The van der Waals surface area contributed by atoms with E-state index in [1.807, 2.05) is 0 Å². The Bertz CT molecular complexity index is 1070. The highest BCUT2D eigenvalue weighted by Crippen LogP contribution is 2.45. The van der Waals surface area contributed by atoms with Gasteiger partial charge in [0.2, 0.25) is 0 Å². The van der Waals surface area contributed by atoms with Crippen LogP contribution in [0.1, 0.15) is 32.4 Å². The third-order valence-electron chi connectivity index (χ3n) is 4.83. The molecule has 8 heteroatoms. The lowest BCUT2D eigenvalue weighted by molar-refractivity contribution is -0.123. The van der Waals surface area contributed by atoms with Gasteiger partial charge < -0.3 is 14.9 Å². The molecule has 1 atom stereocenters. The zero-order valence-corrected chi connectivity index (χ0v) is 16.9. The van der Waals surface area contributed by atoms with Crippen molar-refractivity contribution in [3.63, 3.8) is 0 Å². The quantitative estimate of drug-likeness (QED) is 0.779. The lowest BCUT2D eigenvalue weighted by Gasteiger charge is -2.29. The minimum absolute atomic E-state index is 0.0533. The number of carbonyl (C=O) groups is 2. The molecule has 1 aliphatic rings. The van der Waals surface area contributed by atoms with Crippen LogP contribution in [-0.2, 0) is 9.59 Å². The first-order valence-electron chi connectivity index (χ1n) is 9.10. The highest BCUT2D eigenvalue weighted by Gasteiger charge is 2.47. The molecule has 0 saturated carbocycles. The highest BCUT2D eigenvalue weighted by atomic mass is 19.2. The average molecular weight is 417 g/mol. The number of ether oxygens (including phenoxy) is 1. The number of hydrogen-bond acceptors (Lipinski definition) is 5. The second-order valence-corrected chi connectivity index (χ2v) is 7.95. The number of aliphatic hydroxyl groups is 1. The molecule has 0 bridgehead atoms. The van der Waals surface area contributed by atoms with Crippen LogP contribution in [0.3, 0.4) is 0 Å². The van der Waals surface area contributed by atoms with Crippen molar-refractivity contribution in [1.82, 2.24) is 0 Å².